The summed E-state index contributed by atoms with van der Waals surface area (Å²) in [6.45, 7) is 4.44. The van der Waals surface area contributed by atoms with Crippen LogP contribution in [0, 0.1) is 6.92 Å². The third kappa shape index (κ3) is 3.35. The quantitative estimate of drug-likeness (QED) is 0.905. The zero-order chi connectivity index (χ0) is 13.7. The summed E-state index contributed by atoms with van der Waals surface area (Å²) < 4.78 is 5.45. The van der Waals surface area contributed by atoms with Crippen LogP contribution >= 0.6 is 0 Å². The van der Waals surface area contributed by atoms with E-state index >= 15 is 0 Å². The molecule has 0 saturated heterocycles. The molecule has 0 aromatic heterocycles. The Balaban J connectivity index is 2.18. The second-order valence-corrected chi connectivity index (χ2v) is 4.25. The second kappa shape index (κ2) is 6.05. The van der Waals surface area contributed by atoms with Crippen molar-refractivity contribution in [3.05, 3.63) is 59.7 Å². The number of rotatable bonds is 4. The number of carbonyl (C=O) groups is 1. The average Bonchev–Trinajstić information content (AvgIpc) is 2.42. The third-order valence-electron chi connectivity index (χ3n) is 2.74. The lowest BCUT2D eigenvalue weighted by Gasteiger charge is -2.10. The van der Waals surface area contributed by atoms with Gasteiger partial charge in [-0.3, -0.25) is 4.79 Å². The van der Waals surface area contributed by atoms with Crippen LogP contribution in [-0.2, 0) is 0 Å². The van der Waals surface area contributed by atoms with E-state index in [-0.39, 0.29) is 5.91 Å². The molecule has 0 aliphatic carbocycles. The fourth-order valence-corrected chi connectivity index (χ4v) is 1.77. The maximum atomic E-state index is 12.2. The zero-order valence-electron chi connectivity index (χ0n) is 11.1. The number of ether oxygens (including phenoxy) is 1. The Kier molecular flexibility index (Phi) is 4.18. The summed E-state index contributed by atoms with van der Waals surface area (Å²) in [7, 11) is 0. The average molecular weight is 255 g/mol. The van der Waals surface area contributed by atoms with E-state index in [1.807, 2.05) is 50.2 Å². The van der Waals surface area contributed by atoms with E-state index in [1.54, 1.807) is 12.1 Å². The number of para-hydroxylation sites is 1. The maximum Gasteiger partial charge on any atom is 0.259 e. The molecule has 2 rings (SSSR count). The summed E-state index contributed by atoms with van der Waals surface area (Å²) in [5.74, 6) is 0.447. The first kappa shape index (κ1) is 13.1. The van der Waals surface area contributed by atoms with Crippen molar-refractivity contribution in [3.63, 3.8) is 0 Å². The number of aryl methyl sites for hydroxylation is 1. The van der Waals surface area contributed by atoms with Gasteiger partial charge in [0, 0.05) is 5.69 Å². The van der Waals surface area contributed by atoms with Gasteiger partial charge in [0.25, 0.3) is 5.91 Å². The molecular formula is C16H17NO2. The summed E-state index contributed by atoms with van der Waals surface area (Å²) in [5.41, 5.74) is 2.49. The number of hydrogen-bond acceptors (Lipinski definition) is 2. The van der Waals surface area contributed by atoms with E-state index in [0.717, 1.165) is 11.3 Å². The molecule has 0 unspecified atom stereocenters. The van der Waals surface area contributed by atoms with E-state index in [1.165, 1.54) is 0 Å². The molecular weight excluding hydrogens is 238 g/mol. The molecule has 0 aliphatic rings. The van der Waals surface area contributed by atoms with Gasteiger partial charge in [0.2, 0.25) is 0 Å². The van der Waals surface area contributed by atoms with Gasteiger partial charge in [-0.05, 0) is 38.1 Å². The SMILES string of the molecule is CCOc1ccccc1C(=O)Nc1ccc(C)cc1. The Morgan fingerprint density at radius 2 is 1.79 bits per heavy atom. The first-order valence-electron chi connectivity index (χ1n) is 6.30. The lowest BCUT2D eigenvalue weighted by molar-refractivity contribution is 0.102. The van der Waals surface area contributed by atoms with Gasteiger partial charge < -0.3 is 10.1 Å². The molecule has 0 fully saturated rings. The molecule has 2 aromatic carbocycles. The highest BCUT2D eigenvalue weighted by Crippen LogP contribution is 2.19. The molecule has 0 saturated carbocycles. The molecule has 1 N–H and O–H groups in total. The van der Waals surface area contributed by atoms with Gasteiger partial charge in [-0.1, -0.05) is 29.8 Å². The molecule has 0 spiro atoms. The molecule has 0 radical (unpaired) electrons. The molecule has 19 heavy (non-hydrogen) atoms. The van der Waals surface area contributed by atoms with Crippen LogP contribution in [0.5, 0.6) is 5.75 Å². The first-order valence-corrected chi connectivity index (χ1v) is 6.30. The molecule has 98 valence electrons. The lowest BCUT2D eigenvalue weighted by Crippen LogP contribution is -2.13. The van der Waals surface area contributed by atoms with Crippen molar-refractivity contribution in [2.45, 2.75) is 13.8 Å². The smallest absolute Gasteiger partial charge is 0.259 e. The minimum Gasteiger partial charge on any atom is -0.493 e. The van der Waals surface area contributed by atoms with Crippen LogP contribution in [0.4, 0.5) is 5.69 Å². The summed E-state index contributed by atoms with van der Waals surface area (Å²) in [4.78, 5) is 12.2. The number of benzene rings is 2. The highest BCUT2D eigenvalue weighted by atomic mass is 16.5. The Bertz CT molecular complexity index is 561. The molecule has 0 heterocycles. The number of anilines is 1. The van der Waals surface area contributed by atoms with Crippen molar-refractivity contribution in [2.24, 2.45) is 0 Å². The van der Waals surface area contributed by atoms with Crippen molar-refractivity contribution < 1.29 is 9.53 Å². The van der Waals surface area contributed by atoms with Gasteiger partial charge in [0.15, 0.2) is 0 Å². The topological polar surface area (TPSA) is 38.3 Å². The second-order valence-electron chi connectivity index (χ2n) is 4.25. The minimum atomic E-state index is -0.159. The highest BCUT2D eigenvalue weighted by Gasteiger charge is 2.11. The van der Waals surface area contributed by atoms with Crippen LogP contribution in [-0.4, -0.2) is 12.5 Å². The monoisotopic (exact) mass is 255 g/mol. The van der Waals surface area contributed by atoms with Gasteiger partial charge in [0.1, 0.15) is 5.75 Å². The van der Waals surface area contributed by atoms with Crippen LogP contribution in [0.25, 0.3) is 0 Å². The molecule has 1 amide bonds. The van der Waals surface area contributed by atoms with Crippen molar-refractivity contribution in [1.82, 2.24) is 0 Å². The minimum absolute atomic E-state index is 0.159. The molecule has 3 nitrogen and oxygen atoms in total. The number of nitrogens with one attached hydrogen (secondary N) is 1. The van der Waals surface area contributed by atoms with Crippen molar-refractivity contribution in [1.29, 1.82) is 0 Å². The normalized spacial score (nSPS) is 10.0. The van der Waals surface area contributed by atoms with Crippen LogP contribution < -0.4 is 10.1 Å². The van der Waals surface area contributed by atoms with Crippen LogP contribution in [0.15, 0.2) is 48.5 Å². The molecule has 0 aliphatic heterocycles. The van der Waals surface area contributed by atoms with Gasteiger partial charge in [0.05, 0.1) is 12.2 Å². The largest absolute Gasteiger partial charge is 0.493 e. The van der Waals surface area contributed by atoms with Crippen molar-refractivity contribution >= 4 is 11.6 Å². The van der Waals surface area contributed by atoms with Crippen molar-refractivity contribution in [3.8, 4) is 5.75 Å². The van der Waals surface area contributed by atoms with Gasteiger partial charge in [-0.2, -0.15) is 0 Å². The molecule has 2 aromatic rings. The first-order chi connectivity index (χ1) is 9.20. The summed E-state index contributed by atoms with van der Waals surface area (Å²) in [5, 5.41) is 2.87. The van der Waals surface area contributed by atoms with E-state index < -0.39 is 0 Å². The highest BCUT2D eigenvalue weighted by molar-refractivity contribution is 6.06. The maximum absolute atomic E-state index is 12.2. The van der Waals surface area contributed by atoms with Crippen LogP contribution in [0.2, 0.25) is 0 Å². The Labute approximate surface area is 113 Å². The number of hydrogen-bond donors (Lipinski definition) is 1. The van der Waals surface area contributed by atoms with Crippen LogP contribution in [0.3, 0.4) is 0 Å². The van der Waals surface area contributed by atoms with Gasteiger partial charge in [-0.25, -0.2) is 0 Å². The summed E-state index contributed by atoms with van der Waals surface area (Å²) in [6.07, 6.45) is 0. The molecule has 0 bridgehead atoms. The lowest BCUT2D eigenvalue weighted by atomic mass is 10.1. The van der Waals surface area contributed by atoms with Crippen molar-refractivity contribution in [2.75, 3.05) is 11.9 Å². The van der Waals surface area contributed by atoms with E-state index in [9.17, 15) is 4.79 Å². The third-order valence-corrected chi connectivity index (χ3v) is 2.74. The fraction of sp³-hybridized carbons (Fsp3) is 0.188. The van der Waals surface area contributed by atoms with E-state index in [4.69, 9.17) is 4.74 Å². The van der Waals surface area contributed by atoms with Gasteiger partial charge >= 0.3 is 0 Å². The Morgan fingerprint density at radius 3 is 2.47 bits per heavy atom. The predicted octanol–water partition coefficient (Wildman–Crippen LogP) is 3.65. The standard InChI is InChI=1S/C16H17NO2/c1-3-19-15-7-5-4-6-14(15)16(18)17-13-10-8-12(2)9-11-13/h4-11H,3H2,1-2H3,(H,17,18). The Morgan fingerprint density at radius 1 is 1.11 bits per heavy atom. The Hall–Kier alpha value is -2.29. The van der Waals surface area contributed by atoms with E-state index in [2.05, 4.69) is 5.32 Å². The zero-order valence-corrected chi connectivity index (χ0v) is 11.1. The number of amides is 1. The fourth-order valence-electron chi connectivity index (χ4n) is 1.77. The van der Waals surface area contributed by atoms with E-state index in [0.29, 0.717) is 17.9 Å². The molecule has 3 heteroatoms. The molecule has 0 atom stereocenters. The van der Waals surface area contributed by atoms with Crippen LogP contribution in [0.1, 0.15) is 22.8 Å². The predicted molar refractivity (Wildman–Crippen MR) is 76.7 cm³/mol. The van der Waals surface area contributed by atoms with Gasteiger partial charge in [-0.15, -0.1) is 0 Å². The summed E-state index contributed by atoms with van der Waals surface area (Å²) >= 11 is 0. The number of carbonyl (C=O) groups excluding carboxylic acids is 1. The summed E-state index contributed by atoms with van der Waals surface area (Å²) in [6, 6.07) is 14.9.